The summed E-state index contributed by atoms with van der Waals surface area (Å²) in [6.07, 6.45) is 4.76. The Morgan fingerprint density at radius 1 is 1.32 bits per heavy atom. The third-order valence-electron chi connectivity index (χ3n) is 3.98. The monoisotopic (exact) mass is 253 g/mol. The number of nitriles is 1. The van der Waals surface area contributed by atoms with Gasteiger partial charge < -0.3 is 9.30 Å². The zero-order valence-electron chi connectivity index (χ0n) is 10.7. The molecular weight excluding hydrogens is 238 g/mol. The van der Waals surface area contributed by atoms with Crippen LogP contribution in [0.4, 0.5) is 0 Å². The van der Waals surface area contributed by atoms with Crippen LogP contribution in [0.2, 0.25) is 0 Å². The maximum Gasteiger partial charge on any atom is 0.139 e. The van der Waals surface area contributed by atoms with Crippen LogP contribution in [0.1, 0.15) is 49.2 Å². The van der Waals surface area contributed by atoms with E-state index in [0.717, 1.165) is 36.3 Å². The lowest BCUT2D eigenvalue weighted by atomic mass is 10.2. The molecule has 0 N–H and O–H groups in total. The topological polar surface area (TPSA) is 50.8 Å². The van der Waals surface area contributed by atoms with Gasteiger partial charge in [0.25, 0.3) is 0 Å². The predicted molar refractivity (Wildman–Crippen MR) is 70.6 cm³/mol. The van der Waals surface area contributed by atoms with Gasteiger partial charge in [-0.3, -0.25) is 0 Å². The van der Waals surface area contributed by atoms with Gasteiger partial charge in [0.2, 0.25) is 0 Å². The van der Waals surface area contributed by atoms with Gasteiger partial charge >= 0.3 is 0 Å². The standard InChI is InChI=1S/C15H15N3O/c16-9-10-3-6-13-12(8-10)17-15(14-2-1-7-19-14)18(13)11-4-5-11/h3,6,8,11,14H,1-2,4-5,7H2. The molecule has 2 aromatic rings. The fourth-order valence-corrected chi connectivity index (χ4v) is 2.91. The van der Waals surface area contributed by atoms with E-state index in [-0.39, 0.29) is 6.10 Å². The summed E-state index contributed by atoms with van der Waals surface area (Å²) in [7, 11) is 0. The summed E-state index contributed by atoms with van der Waals surface area (Å²) in [5, 5.41) is 9.00. The minimum absolute atomic E-state index is 0.138. The first-order valence-electron chi connectivity index (χ1n) is 6.90. The average Bonchev–Trinajstić information content (AvgIpc) is 3.01. The van der Waals surface area contributed by atoms with Gasteiger partial charge in [-0.05, 0) is 43.9 Å². The molecule has 1 unspecified atom stereocenters. The molecule has 1 aliphatic carbocycles. The molecule has 4 rings (SSSR count). The third kappa shape index (κ3) is 1.73. The van der Waals surface area contributed by atoms with Crippen molar-refractivity contribution in [1.82, 2.24) is 9.55 Å². The highest BCUT2D eigenvalue weighted by molar-refractivity contribution is 5.78. The quantitative estimate of drug-likeness (QED) is 0.826. The zero-order valence-corrected chi connectivity index (χ0v) is 10.7. The van der Waals surface area contributed by atoms with E-state index in [4.69, 9.17) is 15.0 Å². The van der Waals surface area contributed by atoms with Gasteiger partial charge in [-0.2, -0.15) is 5.26 Å². The van der Waals surface area contributed by atoms with Crippen LogP contribution in [0.3, 0.4) is 0 Å². The van der Waals surface area contributed by atoms with Crippen LogP contribution in [0.15, 0.2) is 18.2 Å². The van der Waals surface area contributed by atoms with Crippen molar-refractivity contribution in [2.45, 2.75) is 37.8 Å². The van der Waals surface area contributed by atoms with Crippen molar-refractivity contribution < 1.29 is 4.74 Å². The molecule has 96 valence electrons. The van der Waals surface area contributed by atoms with Crippen molar-refractivity contribution in [3.63, 3.8) is 0 Å². The second kappa shape index (κ2) is 4.07. The molecule has 2 aliphatic rings. The SMILES string of the molecule is N#Cc1ccc2c(c1)nc(C1CCCO1)n2C1CC1. The van der Waals surface area contributed by atoms with E-state index >= 15 is 0 Å². The number of nitrogens with zero attached hydrogens (tertiary/aromatic N) is 3. The van der Waals surface area contributed by atoms with Gasteiger partial charge in [0.1, 0.15) is 11.9 Å². The molecule has 1 aromatic carbocycles. The Balaban J connectivity index is 1.91. The van der Waals surface area contributed by atoms with E-state index in [1.807, 2.05) is 18.2 Å². The van der Waals surface area contributed by atoms with Gasteiger partial charge in [-0.25, -0.2) is 4.98 Å². The van der Waals surface area contributed by atoms with Crippen LogP contribution < -0.4 is 0 Å². The van der Waals surface area contributed by atoms with Crippen molar-refractivity contribution in [1.29, 1.82) is 5.26 Å². The van der Waals surface area contributed by atoms with Gasteiger partial charge in [0.05, 0.1) is 22.7 Å². The molecule has 1 aromatic heterocycles. The summed E-state index contributed by atoms with van der Waals surface area (Å²) in [6.45, 7) is 0.835. The third-order valence-corrected chi connectivity index (χ3v) is 3.98. The van der Waals surface area contributed by atoms with Gasteiger partial charge in [0.15, 0.2) is 0 Å². The Hall–Kier alpha value is -1.86. The normalized spacial score (nSPS) is 22.8. The molecule has 4 nitrogen and oxygen atoms in total. The van der Waals surface area contributed by atoms with Crippen LogP contribution in [-0.4, -0.2) is 16.2 Å². The highest BCUT2D eigenvalue weighted by Crippen LogP contribution is 2.42. The van der Waals surface area contributed by atoms with Crippen LogP contribution in [0.5, 0.6) is 0 Å². The Labute approximate surface area is 111 Å². The van der Waals surface area contributed by atoms with E-state index in [9.17, 15) is 0 Å². The first kappa shape index (κ1) is 11.0. The van der Waals surface area contributed by atoms with Gasteiger partial charge in [-0.15, -0.1) is 0 Å². The summed E-state index contributed by atoms with van der Waals surface area (Å²) in [5.41, 5.74) is 2.75. The number of hydrogen-bond acceptors (Lipinski definition) is 3. The summed E-state index contributed by atoms with van der Waals surface area (Å²) >= 11 is 0. The minimum Gasteiger partial charge on any atom is -0.370 e. The van der Waals surface area contributed by atoms with Crippen LogP contribution in [-0.2, 0) is 4.74 Å². The summed E-state index contributed by atoms with van der Waals surface area (Å²) < 4.78 is 8.14. The number of imidazole rings is 1. The maximum absolute atomic E-state index is 9.00. The molecule has 19 heavy (non-hydrogen) atoms. The molecule has 0 spiro atoms. The lowest BCUT2D eigenvalue weighted by Crippen LogP contribution is -2.07. The molecule has 0 amide bonds. The molecule has 1 aliphatic heterocycles. The fourth-order valence-electron chi connectivity index (χ4n) is 2.91. The summed E-state index contributed by atoms with van der Waals surface area (Å²) in [6, 6.07) is 8.55. The van der Waals surface area contributed by atoms with E-state index in [2.05, 4.69) is 10.6 Å². The summed E-state index contributed by atoms with van der Waals surface area (Å²) in [5.74, 6) is 1.06. The second-order valence-electron chi connectivity index (χ2n) is 5.39. The lowest BCUT2D eigenvalue weighted by Gasteiger charge is -2.12. The molecule has 0 radical (unpaired) electrons. The molecule has 4 heteroatoms. The second-order valence-corrected chi connectivity index (χ2v) is 5.39. The number of hydrogen-bond donors (Lipinski definition) is 0. The summed E-state index contributed by atoms with van der Waals surface area (Å²) in [4.78, 5) is 4.75. The Bertz CT molecular complexity index is 672. The molecule has 1 saturated heterocycles. The van der Waals surface area contributed by atoms with Gasteiger partial charge in [0, 0.05) is 12.6 Å². The first-order chi connectivity index (χ1) is 9.36. The molecule has 2 fully saturated rings. The average molecular weight is 253 g/mol. The number of aromatic nitrogens is 2. The fraction of sp³-hybridized carbons (Fsp3) is 0.467. The molecular formula is C15H15N3O. The van der Waals surface area contributed by atoms with Crippen molar-refractivity contribution in [3.8, 4) is 6.07 Å². The number of rotatable bonds is 2. The maximum atomic E-state index is 9.00. The largest absolute Gasteiger partial charge is 0.370 e. The number of benzene rings is 1. The van der Waals surface area contributed by atoms with Crippen LogP contribution in [0.25, 0.3) is 11.0 Å². The van der Waals surface area contributed by atoms with E-state index in [1.165, 1.54) is 12.8 Å². The lowest BCUT2D eigenvalue weighted by molar-refractivity contribution is 0.102. The highest BCUT2D eigenvalue weighted by Gasteiger charge is 2.32. The first-order valence-corrected chi connectivity index (χ1v) is 6.90. The van der Waals surface area contributed by atoms with Crippen molar-refractivity contribution in [2.24, 2.45) is 0 Å². The van der Waals surface area contributed by atoms with E-state index in [1.54, 1.807) is 0 Å². The minimum atomic E-state index is 0.138. The van der Waals surface area contributed by atoms with Gasteiger partial charge in [-0.1, -0.05) is 0 Å². The molecule has 2 heterocycles. The number of fused-ring (bicyclic) bond motifs is 1. The van der Waals surface area contributed by atoms with Crippen molar-refractivity contribution >= 4 is 11.0 Å². The highest BCUT2D eigenvalue weighted by atomic mass is 16.5. The van der Waals surface area contributed by atoms with E-state index < -0.39 is 0 Å². The Kier molecular flexibility index (Phi) is 2.36. The number of ether oxygens (including phenoxy) is 1. The van der Waals surface area contributed by atoms with Crippen LogP contribution in [0, 0.1) is 11.3 Å². The zero-order chi connectivity index (χ0) is 12.8. The molecule has 0 bridgehead atoms. The molecule has 1 atom stereocenters. The van der Waals surface area contributed by atoms with E-state index in [0.29, 0.717) is 11.6 Å². The Morgan fingerprint density at radius 2 is 2.21 bits per heavy atom. The Morgan fingerprint density at radius 3 is 2.89 bits per heavy atom. The smallest absolute Gasteiger partial charge is 0.139 e. The van der Waals surface area contributed by atoms with Crippen molar-refractivity contribution in [2.75, 3.05) is 6.61 Å². The molecule has 1 saturated carbocycles. The van der Waals surface area contributed by atoms with Crippen molar-refractivity contribution in [3.05, 3.63) is 29.6 Å². The van der Waals surface area contributed by atoms with Crippen LogP contribution >= 0.6 is 0 Å². The predicted octanol–water partition coefficient (Wildman–Crippen LogP) is 3.09.